The molecule has 1 heterocycles. The van der Waals surface area contributed by atoms with Gasteiger partial charge in [0.15, 0.2) is 5.16 Å². The predicted molar refractivity (Wildman–Crippen MR) is 98.7 cm³/mol. The molecule has 4 nitrogen and oxygen atoms in total. The Hall–Kier alpha value is -1.63. The minimum atomic E-state index is -0.0602. The number of imidazole rings is 1. The Morgan fingerprint density at radius 2 is 2.13 bits per heavy atom. The van der Waals surface area contributed by atoms with Crippen molar-refractivity contribution >= 4 is 57.8 Å². The first-order valence-electron chi connectivity index (χ1n) is 6.86. The van der Waals surface area contributed by atoms with E-state index in [0.29, 0.717) is 10.2 Å². The number of nitrogens with zero attached hydrogens (tertiary/aromatic N) is 1. The molecule has 0 unspecified atom stereocenters. The van der Waals surface area contributed by atoms with Crippen LogP contribution in [0.5, 0.6) is 0 Å². The van der Waals surface area contributed by atoms with E-state index < -0.39 is 0 Å². The summed E-state index contributed by atoms with van der Waals surface area (Å²) in [5, 5.41) is 4.29. The van der Waals surface area contributed by atoms with Gasteiger partial charge in [0.1, 0.15) is 0 Å². The Morgan fingerprint density at radius 1 is 1.30 bits per heavy atom. The molecule has 2 N–H and O–H groups in total. The van der Waals surface area contributed by atoms with Crippen molar-refractivity contribution in [3.63, 3.8) is 0 Å². The van der Waals surface area contributed by atoms with Crippen LogP contribution in [-0.4, -0.2) is 27.9 Å². The Bertz CT molecular complexity index is 850. The fraction of sp³-hybridized carbons (Fsp3) is 0.125. The molecule has 0 spiro atoms. The maximum atomic E-state index is 12.1. The minimum absolute atomic E-state index is 0.0602. The third-order valence-corrected chi connectivity index (χ3v) is 5.05. The molecule has 3 aromatic rings. The monoisotopic (exact) mass is 363 g/mol. The number of hydrogen-bond acceptors (Lipinski definition) is 4. The van der Waals surface area contributed by atoms with E-state index in [1.807, 2.05) is 42.7 Å². The lowest BCUT2D eigenvalue weighted by atomic mass is 10.3. The number of benzene rings is 2. The van der Waals surface area contributed by atoms with Crippen molar-refractivity contribution in [2.45, 2.75) is 10.1 Å². The van der Waals surface area contributed by atoms with E-state index in [2.05, 4.69) is 15.3 Å². The van der Waals surface area contributed by atoms with Gasteiger partial charge in [-0.25, -0.2) is 4.98 Å². The van der Waals surface area contributed by atoms with Crippen LogP contribution in [0.2, 0.25) is 5.02 Å². The lowest BCUT2D eigenvalue weighted by molar-refractivity contribution is -0.113. The molecule has 23 heavy (non-hydrogen) atoms. The second-order valence-corrected chi connectivity index (χ2v) is 6.99. The molecule has 0 saturated carbocycles. The van der Waals surface area contributed by atoms with E-state index in [-0.39, 0.29) is 11.7 Å². The molecule has 1 amide bonds. The molecule has 0 aliphatic heterocycles. The number of hydrogen-bond donors (Lipinski definition) is 2. The summed E-state index contributed by atoms with van der Waals surface area (Å²) in [7, 11) is 0. The number of rotatable bonds is 5. The van der Waals surface area contributed by atoms with Crippen molar-refractivity contribution in [2.75, 3.05) is 17.3 Å². The summed E-state index contributed by atoms with van der Waals surface area (Å²) in [6.45, 7) is 0. The SMILES string of the molecule is CSc1ccccc1NC(=O)CSc1nc2ccc(Cl)cc2[nH]1. The van der Waals surface area contributed by atoms with Crippen LogP contribution in [0.1, 0.15) is 0 Å². The number of carbonyl (C=O) groups excluding carboxylic acids is 1. The van der Waals surface area contributed by atoms with E-state index in [0.717, 1.165) is 21.6 Å². The Morgan fingerprint density at radius 3 is 2.96 bits per heavy atom. The molecule has 0 saturated heterocycles. The third-order valence-electron chi connectivity index (χ3n) is 3.14. The van der Waals surface area contributed by atoms with Gasteiger partial charge in [0.2, 0.25) is 5.91 Å². The van der Waals surface area contributed by atoms with Crippen molar-refractivity contribution in [3.8, 4) is 0 Å². The summed E-state index contributed by atoms with van der Waals surface area (Å²) in [5.74, 6) is 0.228. The summed E-state index contributed by atoms with van der Waals surface area (Å²) in [4.78, 5) is 20.8. The zero-order valence-corrected chi connectivity index (χ0v) is 14.7. The Labute approximate surface area is 147 Å². The van der Waals surface area contributed by atoms with Gasteiger partial charge in [0.05, 0.1) is 22.5 Å². The largest absolute Gasteiger partial charge is 0.333 e. The minimum Gasteiger partial charge on any atom is -0.333 e. The van der Waals surface area contributed by atoms with Crippen LogP contribution in [0, 0.1) is 0 Å². The van der Waals surface area contributed by atoms with E-state index in [1.165, 1.54) is 11.8 Å². The molecule has 0 atom stereocenters. The van der Waals surface area contributed by atoms with Crippen molar-refractivity contribution in [1.29, 1.82) is 0 Å². The average molecular weight is 364 g/mol. The number of nitrogens with one attached hydrogen (secondary N) is 2. The van der Waals surface area contributed by atoms with Gasteiger partial charge >= 0.3 is 0 Å². The lowest BCUT2D eigenvalue weighted by Gasteiger charge is -2.08. The molecule has 7 heteroatoms. The van der Waals surface area contributed by atoms with Crippen LogP contribution in [0.15, 0.2) is 52.5 Å². The predicted octanol–water partition coefficient (Wildman–Crippen LogP) is 4.67. The molecule has 0 aliphatic rings. The molecule has 3 rings (SSSR count). The fourth-order valence-electron chi connectivity index (χ4n) is 2.09. The summed E-state index contributed by atoms with van der Waals surface area (Å²) in [5.41, 5.74) is 2.54. The van der Waals surface area contributed by atoms with Crippen LogP contribution >= 0.6 is 35.1 Å². The van der Waals surface area contributed by atoms with Gasteiger partial charge in [-0.1, -0.05) is 35.5 Å². The van der Waals surface area contributed by atoms with E-state index >= 15 is 0 Å². The van der Waals surface area contributed by atoms with Crippen molar-refractivity contribution in [2.24, 2.45) is 0 Å². The molecule has 0 aliphatic carbocycles. The first-order valence-corrected chi connectivity index (χ1v) is 9.45. The van der Waals surface area contributed by atoms with Crippen LogP contribution in [0.3, 0.4) is 0 Å². The van der Waals surface area contributed by atoms with E-state index in [4.69, 9.17) is 11.6 Å². The average Bonchev–Trinajstić information content (AvgIpc) is 2.95. The number of amides is 1. The van der Waals surface area contributed by atoms with Crippen LogP contribution in [0.25, 0.3) is 11.0 Å². The smallest absolute Gasteiger partial charge is 0.234 e. The number of carbonyl (C=O) groups is 1. The third kappa shape index (κ3) is 4.02. The zero-order valence-electron chi connectivity index (χ0n) is 12.3. The fourth-order valence-corrected chi connectivity index (χ4v) is 3.51. The number of aromatic nitrogens is 2. The zero-order chi connectivity index (χ0) is 16.2. The highest BCUT2D eigenvalue weighted by atomic mass is 35.5. The maximum absolute atomic E-state index is 12.1. The first kappa shape index (κ1) is 16.2. The van der Waals surface area contributed by atoms with Crippen LogP contribution in [-0.2, 0) is 4.79 Å². The van der Waals surface area contributed by atoms with Gasteiger partial charge < -0.3 is 10.3 Å². The van der Waals surface area contributed by atoms with Crippen molar-refractivity contribution in [3.05, 3.63) is 47.5 Å². The highest BCUT2D eigenvalue weighted by Gasteiger charge is 2.09. The van der Waals surface area contributed by atoms with Crippen LogP contribution in [0.4, 0.5) is 5.69 Å². The van der Waals surface area contributed by atoms with Crippen LogP contribution < -0.4 is 5.32 Å². The number of aromatic amines is 1. The summed E-state index contributed by atoms with van der Waals surface area (Å²) < 4.78 is 0. The highest BCUT2D eigenvalue weighted by molar-refractivity contribution is 7.99. The molecule has 0 radical (unpaired) electrons. The summed E-state index contributed by atoms with van der Waals surface area (Å²) in [6.07, 6.45) is 1.99. The number of thioether (sulfide) groups is 2. The molecule has 1 aromatic heterocycles. The van der Waals surface area contributed by atoms with E-state index in [1.54, 1.807) is 17.8 Å². The maximum Gasteiger partial charge on any atom is 0.234 e. The van der Waals surface area contributed by atoms with Gasteiger partial charge in [-0.15, -0.1) is 11.8 Å². The summed E-state index contributed by atoms with van der Waals surface area (Å²) >= 11 is 8.92. The molecule has 118 valence electrons. The lowest BCUT2D eigenvalue weighted by Crippen LogP contribution is -2.14. The number of halogens is 1. The Kier molecular flexibility index (Phi) is 5.15. The molecule has 0 bridgehead atoms. The summed E-state index contributed by atoms with van der Waals surface area (Å²) in [6, 6.07) is 13.2. The molecule has 0 fully saturated rings. The van der Waals surface area contributed by atoms with Gasteiger partial charge in [-0.05, 0) is 36.6 Å². The normalized spacial score (nSPS) is 10.9. The number of fused-ring (bicyclic) bond motifs is 1. The molecular formula is C16H14ClN3OS2. The second kappa shape index (κ2) is 7.29. The van der Waals surface area contributed by atoms with Gasteiger partial charge in [-0.2, -0.15) is 0 Å². The number of anilines is 1. The first-order chi connectivity index (χ1) is 11.2. The van der Waals surface area contributed by atoms with Gasteiger partial charge in [-0.3, -0.25) is 4.79 Å². The van der Waals surface area contributed by atoms with Gasteiger partial charge in [0, 0.05) is 9.92 Å². The van der Waals surface area contributed by atoms with Gasteiger partial charge in [0.25, 0.3) is 0 Å². The highest BCUT2D eigenvalue weighted by Crippen LogP contribution is 2.25. The van der Waals surface area contributed by atoms with Crippen molar-refractivity contribution < 1.29 is 4.79 Å². The molecule has 2 aromatic carbocycles. The number of H-pyrrole nitrogens is 1. The quantitative estimate of drug-likeness (QED) is 0.647. The number of para-hydroxylation sites is 1. The second-order valence-electron chi connectivity index (χ2n) is 4.74. The Balaban J connectivity index is 1.63. The topological polar surface area (TPSA) is 57.8 Å². The molecular weight excluding hydrogens is 350 g/mol. The standard InChI is InChI=1S/C16H14ClN3OS2/c1-22-14-5-3-2-4-12(14)18-15(21)9-23-16-19-11-7-6-10(17)8-13(11)20-16/h2-8H,9H2,1H3,(H,18,21)(H,19,20). The van der Waals surface area contributed by atoms with Crippen molar-refractivity contribution in [1.82, 2.24) is 9.97 Å². The van der Waals surface area contributed by atoms with E-state index in [9.17, 15) is 4.79 Å².